The minimum absolute atomic E-state index is 0.0503. The molecule has 0 aliphatic rings. The van der Waals surface area contributed by atoms with Gasteiger partial charge in [-0.15, -0.1) is 0 Å². The molecule has 0 saturated heterocycles. The van der Waals surface area contributed by atoms with E-state index in [2.05, 4.69) is 4.98 Å². The molecule has 2 heterocycles. The molecule has 0 aliphatic carbocycles. The average molecular weight is 340 g/mol. The molecule has 2 aromatic heterocycles. The van der Waals surface area contributed by atoms with Crippen LogP contribution in [0.25, 0.3) is 10.9 Å². The van der Waals surface area contributed by atoms with Gasteiger partial charge in [-0.25, -0.2) is 0 Å². The van der Waals surface area contributed by atoms with Crippen LogP contribution in [0.2, 0.25) is 0 Å². The van der Waals surface area contributed by atoms with Gasteiger partial charge in [-0.05, 0) is 36.1 Å². The molecule has 25 heavy (non-hydrogen) atoms. The van der Waals surface area contributed by atoms with Gasteiger partial charge in [0.25, 0.3) is 5.56 Å². The van der Waals surface area contributed by atoms with Crippen LogP contribution in [-0.4, -0.2) is 29.5 Å². The first-order valence-electron chi connectivity index (χ1n) is 7.99. The highest BCUT2D eigenvalue weighted by atomic mass is 16.5. The Labute approximate surface area is 145 Å². The Balaban J connectivity index is 1.93. The summed E-state index contributed by atoms with van der Waals surface area (Å²) < 4.78 is 10.3. The van der Waals surface area contributed by atoms with Crippen molar-refractivity contribution in [3.05, 3.63) is 69.9 Å². The van der Waals surface area contributed by atoms with Gasteiger partial charge in [-0.2, -0.15) is 0 Å². The number of aryl methyl sites for hydroxylation is 1. The number of benzene rings is 1. The number of H-pyrrole nitrogens is 1. The summed E-state index contributed by atoms with van der Waals surface area (Å²) >= 11 is 0. The fourth-order valence-electron chi connectivity index (χ4n) is 2.79. The Kier molecular flexibility index (Phi) is 5.00. The number of nitrogens with one attached hydrogen (secondary N) is 1. The van der Waals surface area contributed by atoms with E-state index >= 15 is 0 Å². The molecule has 0 atom stereocenters. The zero-order valence-electron chi connectivity index (χ0n) is 14.2. The molecule has 3 aromatic rings. The lowest BCUT2D eigenvalue weighted by Gasteiger charge is -2.21. The number of fused-ring (bicyclic) bond motifs is 1. The highest BCUT2D eigenvalue weighted by Crippen LogP contribution is 2.16. The van der Waals surface area contributed by atoms with E-state index in [1.807, 2.05) is 31.2 Å². The molecule has 1 aromatic carbocycles. The van der Waals surface area contributed by atoms with E-state index in [9.17, 15) is 9.59 Å². The third-order valence-electron chi connectivity index (χ3n) is 4.07. The van der Waals surface area contributed by atoms with Crippen molar-refractivity contribution >= 4 is 16.8 Å². The van der Waals surface area contributed by atoms with Crippen LogP contribution in [0.4, 0.5) is 0 Å². The number of ether oxygens (including phenoxy) is 1. The van der Waals surface area contributed by atoms with Gasteiger partial charge in [-0.1, -0.05) is 18.2 Å². The van der Waals surface area contributed by atoms with Crippen LogP contribution in [0.1, 0.15) is 16.9 Å². The fourth-order valence-corrected chi connectivity index (χ4v) is 2.79. The number of rotatable bonds is 6. The standard InChI is InChI=1S/C19H20N2O4/c1-13-5-3-6-14-9-15(19(23)20-18(13)14)10-21(17(22)12-24-2)11-16-7-4-8-25-16/h3-9H,10-12H2,1-2H3,(H,20,23). The Morgan fingerprint density at radius 1 is 1.24 bits per heavy atom. The lowest BCUT2D eigenvalue weighted by atomic mass is 10.1. The number of hydrogen-bond acceptors (Lipinski definition) is 4. The van der Waals surface area contributed by atoms with Crippen molar-refractivity contribution in [3.63, 3.8) is 0 Å². The first-order valence-corrected chi connectivity index (χ1v) is 7.99. The molecule has 1 amide bonds. The topological polar surface area (TPSA) is 75.5 Å². The third-order valence-corrected chi connectivity index (χ3v) is 4.07. The monoisotopic (exact) mass is 340 g/mol. The van der Waals surface area contributed by atoms with Crippen molar-refractivity contribution in [2.24, 2.45) is 0 Å². The number of aromatic nitrogens is 1. The molecule has 0 spiro atoms. The van der Waals surface area contributed by atoms with Crippen LogP contribution < -0.4 is 5.56 Å². The van der Waals surface area contributed by atoms with Crippen LogP contribution in [-0.2, 0) is 22.6 Å². The van der Waals surface area contributed by atoms with Crippen LogP contribution in [0.5, 0.6) is 0 Å². The van der Waals surface area contributed by atoms with E-state index in [-0.39, 0.29) is 31.2 Å². The Morgan fingerprint density at radius 3 is 2.80 bits per heavy atom. The molecule has 6 nitrogen and oxygen atoms in total. The number of methoxy groups -OCH3 is 1. The summed E-state index contributed by atoms with van der Waals surface area (Å²) in [5, 5.41) is 0.937. The maximum atomic E-state index is 12.5. The maximum Gasteiger partial charge on any atom is 0.253 e. The van der Waals surface area contributed by atoms with Crippen LogP contribution in [0.15, 0.2) is 51.9 Å². The molecule has 0 aliphatic heterocycles. The van der Waals surface area contributed by atoms with Crippen molar-refractivity contribution in [3.8, 4) is 0 Å². The molecule has 6 heteroatoms. The van der Waals surface area contributed by atoms with Crippen LogP contribution in [0.3, 0.4) is 0 Å². The Bertz CT molecular complexity index is 928. The summed E-state index contributed by atoms with van der Waals surface area (Å²) in [4.78, 5) is 29.3. The number of carbonyl (C=O) groups excluding carboxylic acids is 1. The first kappa shape index (κ1) is 17.0. The van der Waals surface area contributed by atoms with E-state index in [4.69, 9.17) is 9.15 Å². The van der Waals surface area contributed by atoms with Crippen molar-refractivity contribution < 1.29 is 13.9 Å². The summed E-state index contributed by atoms with van der Waals surface area (Å²) in [5.74, 6) is 0.445. The SMILES string of the molecule is COCC(=O)N(Cc1ccco1)Cc1cc2cccc(C)c2[nH]c1=O. The van der Waals surface area contributed by atoms with Gasteiger partial charge in [0.1, 0.15) is 12.4 Å². The minimum Gasteiger partial charge on any atom is -0.467 e. The van der Waals surface area contributed by atoms with Crippen LogP contribution >= 0.6 is 0 Å². The summed E-state index contributed by atoms with van der Waals surface area (Å²) in [6.45, 7) is 2.36. The van der Waals surface area contributed by atoms with Crippen molar-refractivity contribution in [1.29, 1.82) is 0 Å². The summed E-state index contributed by atoms with van der Waals surface area (Å²) in [7, 11) is 1.47. The van der Waals surface area contributed by atoms with Crippen LogP contribution in [0, 0.1) is 6.92 Å². The number of furan rings is 1. The Morgan fingerprint density at radius 2 is 2.08 bits per heavy atom. The maximum absolute atomic E-state index is 12.5. The van der Waals surface area contributed by atoms with Gasteiger partial charge in [0.2, 0.25) is 5.91 Å². The summed E-state index contributed by atoms with van der Waals surface area (Å²) in [6.07, 6.45) is 1.56. The summed E-state index contributed by atoms with van der Waals surface area (Å²) in [5.41, 5.74) is 2.15. The molecular weight excluding hydrogens is 320 g/mol. The van der Waals surface area contributed by atoms with Gasteiger partial charge in [0.15, 0.2) is 0 Å². The molecule has 0 saturated carbocycles. The largest absolute Gasteiger partial charge is 0.467 e. The number of para-hydroxylation sites is 1. The lowest BCUT2D eigenvalue weighted by Crippen LogP contribution is -2.34. The number of hydrogen-bond donors (Lipinski definition) is 1. The van der Waals surface area contributed by atoms with Crippen molar-refractivity contribution in [2.45, 2.75) is 20.0 Å². The van der Waals surface area contributed by atoms with Gasteiger partial charge in [0, 0.05) is 12.7 Å². The third kappa shape index (κ3) is 3.80. The quantitative estimate of drug-likeness (QED) is 0.748. The van der Waals surface area contributed by atoms with Crippen molar-refractivity contribution in [2.75, 3.05) is 13.7 Å². The second kappa shape index (κ2) is 7.36. The number of pyridine rings is 1. The molecule has 0 bridgehead atoms. The van der Waals surface area contributed by atoms with E-state index in [0.29, 0.717) is 11.3 Å². The van der Waals surface area contributed by atoms with E-state index < -0.39 is 0 Å². The zero-order valence-corrected chi connectivity index (χ0v) is 14.2. The molecule has 3 rings (SSSR count). The van der Waals surface area contributed by atoms with E-state index in [1.54, 1.807) is 23.3 Å². The average Bonchev–Trinajstić information content (AvgIpc) is 3.09. The molecule has 0 unspecified atom stereocenters. The minimum atomic E-state index is -0.206. The van der Waals surface area contributed by atoms with Gasteiger partial charge >= 0.3 is 0 Å². The molecular formula is C19H20N2O4. The van der Waals surface area contributed by atoms with Gasteiger partial charge in [0.05, 0.1) is 24.9 Å². The van der Waals surface area contributed by atoms with Gasteiger partial charge < -0.3 is 19.0 Å². The van der Waals surface area contributed by atoms with E-state index in [0.717, 1.165) is 16.5 Å². The Hall–Kier alpha value is -2.86. The molecule has 130 valence electrons. The fraction of sp³-hybridized carbons (Fsp3) is 0.263. The lowest BCUT2D eigenvalue weighted by molar-refractivity contribution is -0.136. The number of nitrogens with zero attached hydrogens (tertiary/aromatic N) is 1. The second-order valence-electron chi connectivity index (χ2n) is 5.93. The number of amides is 1. The highest BCUT2D eigenvalue weighted by Gasteiger charge is 2.17. The normalized spacial score (nSPS) is 11.0. The summed E-state index contributed by atoms with van der Waals surface area (Å²) in [6, 6.07) is 11.2. The predicted octanol–water partition coefficient (Wildman–Crippen LogP) is 2.60. The highest BCUT2D eigenvalue weighted by molar-refractivity contribution is 5.82. The molecule has 0 radical (unpaired) electrons. The molecule has 1 N–H and O–H groups in total. The smallest absolute Gasteiger partial charge is 0.253 e. The van der Waals surface area contributed by atoms with Gasteiger partial charge in [-0.3, -0.25) is 9.59 Å². The van der Waals surface area contributed by atoms with E-state index in [1.165, 1.54) is 7.11 Å². The number of aromatic amines is 1. The second-order valence-corrected chi connectivity index (χ2v) is 5.93. The first-order chi connectivity index (χ1) is 12.1. The molecule has 0 fully saturated rings. The zero-order chi connectivity index (χ0) is 17.8. The number of carbonyl (C=O) groups is 1. The predicted molar refractivity (Wildman–Crippen MR) is 94.1 cm³/mol. The van der Waals surface area contributed by atoms with Crippen molar-refractivity contribution in [1.82, 2.24) is 9.88 Å².